The van der Waals surface area contributed by atoms with Crippen LogP contribution in [0.15, 0.2) is 72.3 Å². The molecule has 0 aliphatic carbocycles. The molecule has 3 aromatic carbocycles. The Bertz CT molecular complexity index is 1300. The Kier molecular flexibility index (Phi) is 6.78. The first-order valence-corrected chi connectivity index (χ1v) is 11.2. The van der Waals surface area contributed by atoms with Crippen molar-refractivity contribution in [3.05, 3.63) is 89.0 Å². The third-order valence-corrected chi connectivity index (χ3v) is 6.02. The van der Waals surface area contributed by atoms with E-state index in [4.69, 9.17) is 14.2 Å². The molecule has 180 valence electrons. The van der Waals surface area contributed by atoms with E-state index in [1.165, 1.54) is 19.1 Å². The first kappa shape index (κ1) is 23.9. The third kappa shape index (κ3) is 4.33. The Morgan fingerprint density at radius 1 is 0.943 bits per heavy atom. The lowest BCUT2D eigenvalue weighted by molar-refractivity contribution is -0.132. The summed E-state index contributed by atoms with van der Waals surface area (Å²) in [5, 5.41) is 11.5. The van der Waals surface area contributed by atoms with E-state index in [0.717, 1.165) is 11.1 Å². The predicted molar refractivity (Wildman–Crippen MR) is 133 cm³/mol. The van der Waals surface area contributed by atoms with Gasteiger partial charge in [0, 0.05) is 5.69 Å². The number of ether oxygens (including phenoxy) is 3. The molecule has 0 radical (unpaired) electrons. The number of carbonyl (C=O) groups is 2. The van der Waals surface area contributed by atoms with Gasteiger partial charge >= 0.3 is 0 Å². The first-order valence-electron chi connectivity index (χ1n) is 11.2. The molecule has 1 aliphatic heterocycles. The van der Waals surface area contributed by atoms with Gasteiger partial charge in [0.25, 0.3) is 11.7 Å². The van der Waals surface area contributed by atoms with Gasteiger partial charge in [-0.2, -0.15) is 0 Å². The number of carbonyl (C=O) groups excluding carboxylic acids is 2. The highest BCUT2D eigenvalue weighted by Crippen LogP contribution is 2.44. The Hall–Kier alpha value is -4.26. The minimum absolute atomic E-state index is 0.0234. The highest BCUT2D eigenvalue weighted by atomic mass is 16.5. The summed E-state index contributed by atoms with van der Waals surface area (Å²) in [7, 11) is 2.97. The van der Waals surface area contributed by atoms with E-state index in [-0.39, 0.29) is 16.9 Å². The van der Waals surface area contributed by atoms with Gasteiger partial charge in [0.2, 0.25) is 0 Å². The zero-order valence-electron chi connectivity index (χ0n) is 20.1. The lowest BCUT2D eigenvalue weighted by Gasteiger charge is -2.27. The zero-order chi connectivity index (χ0) is 25.1. The summed E-state index contributed by atoms with van der Waals surface area (Å²) in [6.07, 6.45) is 0. The first-order chi connectivity index (χ1) is 16.9. The normalized spacial score (nSPS) is 16.9. The van der Waals surface area contributed by atoms with Crippen molar-refractivity contribution in [3.63, 3.8) is 0 Å². The molecule has 1 atom stereocenters. The molecule has 0 aromatic heterocycles. The monoisotopic (exact) mass is 473 g/mol. The highest BCUT2D eigenvalue weighted by Gasteiger charge is 2.47. The van der Waals surface area contributed by atoms with Crippen molar-refractivity contribution in [2.75, 3.05) is 25.7 Å². The Labute approximate surface area is 204 Å². The van der Waals surface area contributed by atoms with Crippen LogP contribution in [0.2, 0.25) is 0 Å². The SMILES string of the molecule is CCOc1ccc(N2C(=O)C(=O)/C(=C(/O)c3cc(OC)ccc3OC)C2c2ccccc2C)cc1. The molecule has 1 N–H and O–H groups in total. The van der Waals surface area contributed by atoms with E-state index in [1.54, 1.807) is 42.5 Å². The number of hydrogen-bond acceptors (Lipinski definition) is 6. The Morgan fingerprint density at radius 2 is 1.63 bits per heavy atom. The zero-order valence-corrected chi connectivity index (χ0v) is 20.1. The van der Waals surface area contributed by atoms with Crippen LogP contribution < -0.4 is 19.1 Å². The summed E-state index contributed by atoms with van der Waals surface area (Å²) < 4.78 is 16.3. The summed E-state index contributed by atoms with van der Waals surface area (Å²) in [4.78, 5) is 28.2. The molecular formula is C28H27NO6. The third-order valence-electron chi connectivity index (χ3n) is 6.02. The molecule has 0 bridgehead atoms. The van der Waals surface area contributed by atoms with E-state index in [9.17, 15) is 14.7 Å². The summed E-state index contributed by atoms with van der Waals surface area (Å²) in [5.74, 6) is -0.373. The van der Waals surface area contributed by atoms with E-state index in [0.29, 0.717) is 29.5 Å². The number of methoxy groups -OCH3 is 2. The summed E-state index contributed by atoms with van der Waals surface area (Å²) in [5.41, 5.74) is 2.35. The minimum Gasteiger partial charge on any atom is -0.507 e. The average Bonchev–Trinajstić information content (AvgIpc) is 3.14. The van der Waals surface area contributed by atoms with Gasteiger partial charge in [-0.25, -0.2) is 0 Å². The van der Waals surface area contributed by atoms with Crippen LogP contribution in [0, 0.1) is 6.92 Å². The maximum absolute atomic E-state index is 13.4. The standard InChI is InChI=1S/C28H27NO6/c1-5-35-19-12-10-18(11-13-19)29-25(21-9-7-6-8-17(21)2)24(27(31)28(29)32)26(30)22-16-20(33-3)14-15-23(22)34-4/h6-16,25,30H,5H2,1-4H3/b26-24+. The predicted octanol–water partition coefficient (Wildman–Crippen LogP) is 5.04. The molecule has 1 unspecified atom stereocenters. The quantitative estimate of drug-likeness (QED) is 0.294. The average molecular weight is 474 g/mol. The lowest BCUT2D eigenvalue weighted by Crippen LogP contribution is -2.29. The number of hydrogen-bond donors (Lipinski definition) is 1. The molecule has 1 heterocycles. The van der Waals surface area contributed by atoms with Gasteiger partial charge in [0.05, 0.1) is 38.0 Å². The fraction of sp³-hybridized carbons (Fsp3) is 0.214. The molecule has 35 heavy (non-hydrogen) atoms. The topological polar surface area (TPSA) is 85.3 Å². The second-order valence-corrected chi connectivity index (χ2v) is 8.02. The highest BCUT2D eigenvalue weighted by molar-refractivity contribution is 6.51. The number of ketones is 1. The van der Waals surface area contributed by atoms with Crippen LogP contribution >= 0.6 is 0 Å². The maximum atomic E-state index is 13.4. The molecule has 7 heteroatoms. The fourth-order valence-corrected chi connectivity index (χ4v) is 4.30. The van der Waals surface area contributed by atoms with E-state index in [2.05, 4.69) is 0 Å². The van der Waals surface area contributed by atoms with Crippen LogP contribution in [0.1, 0.15) is 29.7 Å². The van der Waals surface area contributed by atoms with Crippen molar-refractivity contribution in [1.29, 1.82) is 0 Å². The molecule has 7 nitrogen and oxygen atoms in total. The smallest absolute Gasteiger partial charge is 0.300 e. The fourth-order valence-electron chi connectivity index (χ4n) is 4.30. The van der Waals surface area contributed by atoms with E-state index < -0.39 is 17.7 Å². The van der Waals surface area contributed by atoms with Crippen LogP contribution in [0.4, 0.5) is 5.69 Å². The summed E-state index contributed by atoms with van der Waals surface area (Å²) in [6.45, 7) is 4.30. The van der Waals surface area contributed by atoms with Crippen LogP contribution in [0.25, 0.3) is 5.76 Å². The Morgan fingerprint density at radius 3 is 2.26 bits per heavy atom. The molecule has 1 saturated heterocycles. The van der Waals surface area contributed by atoms with Crippen LogP contribution in [0.3, 0.4) is 0 Å². The van der Waals surface area contributed by atoms with Crippen LogP contribution in [-0.4, -0.2) is 37.6 Å². The van der Waals surface area contributed by atoms with Gasteiger partial charge in [-0.05, 0) is 67.4 Å². The van der Waals surface area contributed by atoms with Crippen molar-refractivity contribution in [2.24, 2.45) is 0 Å². The van der Waals surface area contributed by atoms with Crippen molar-refractivity contribution in [1.82, 2.24) is 0 Å². The van der Waals surface area contributed by atoms with E-state index in [1.807, 2.05) is 38.1 Å². The number of aryl methyl sites for hydroxylation is 1. The molecule has 1 aliphatic rings. The molecule has 1 fully saturated rings. The van der Waals surface area contributed by atoms with Gasteiger partial charge < -0.3 is 19.3 Å². The number of anilines is 1. The van der Waals surface area contributed by atoms with Crippen LogP contribution in [-0.2, 0) is 9.59 Å². The van der Waals surface area contributed by atoms with E-state index >= 15 is 0 Å². The van der Waals surface area contributed by atoms with Crippen molar-refractivity contribution >= 4 is 23.1 Å². The van der Waals surface area contributed by atoms with Crippen molar-refractivity contribution in [2.45, 2.75) is 19.9 Å². The number of benzene rings is 3. The molecule has 4 rings (SSSR count). The number of Topliss-reactive ketones (excluding diaryl/α,β-unsaturated/α-hetero) is 1. The summed E-state index contributed by atoms with van der Waals surface area (Å²) in [6, 6.07) is 18.5. The second kappa shape index (κ2) is 9.93. The summed E-state index contributed by atoms with van der Waals surface area (Å²) >= 11 is 0. The van der Waals surface area contributed by atoms with Gasteiger partial charge in [-0.1, -0.05) is 24.3 Å². The number of aliphatic hydroxyl groups is 1. The number of rotatable bonds is 7. The molecular weight excluding hydrogens is 446 g/mol. The number of nitrogens with zero attached hydrogens (tertiary/aromatic N) is 1. The molecule has 0 spiro atoms. The molecule has 1 amide bonds. The molecule has 0 saturated carbocycles. The largest absolute Gasteiger partial charge is 0.507 e. The molecule has 3 aromatic rings. The maximum Gasteiger partial charge on any atom is 0.300 e. The van der Waals surface area contributed by atoms with Gasteiger partial charge in [-0.3, -0.25) is 14.5 Å². The van der Waals surface area contributed by atoms with Gasteiger partial charge in [0.1, 0.15) is 23.0 Å². The lowest BCUT2D eigenvalue weighted by atomic mass is 9.92. The van der Waals surface area contributed by atoms with Crippen molar-refractivity contribution in [3.8, 4) is 17.2 Å². The van der Waals surface area contributed by atoms with Crippen LogP contribution in [0.5, 0.6) is 17.2 Å². The number of amides is 1. The Balaban J connectivity index is 1.95. The number of aliphatic hydroxyl groups excluding tert-OH is 1. The van der Waals surface area contributed by atoms with Gasteiger partial charge in [-0.15, -0.1) is 0 Å². The minimum atomic E-state index is -0.843. The second-order valence-electron chi connectivity index (χ2n) is 8.02. The van der Waals surface area contributed by atoms with Crippen molar-refractivity contribution < 1.29 is 28.9 Å². The van der Waals surface area contributed by atoms with Gasteiger partial charge in [0.15, 0.2) is 0 Å².